The summed E-state index contributed by atoms with van der Waals surface area (Å²) < 4.78 is 13.7. The Kier molecular flexibility index (Phi) is 4.90. The summed E-state index contributed by atoms with van der Waals surface area (Å²) in [5, 5.41) is 3.05. The Morgan fingerprint density at radius 3 is 2.65 bits per heavy atom. The predicted molar refractivity (Wildman–Crippen MR) is 82.8 cm³/mol. The first-order valence-electron chi connectivity index (χ1n) is 6.29. The van der Waals surface area contributed by atoms with Gasteiger partial charge in [0, 0.05) is 12.1 Å². The molecule has 2 aromatic carbocycles. The third-order valence-electron chi connectivity index (χ3n) is 2.99. The molecule has 0 fully saturated rings. The van der Waals surface area contributed by atoms with Crippen LogP contribution in [-0.2, 0) is 11.2 Å². The van der Waals surface area contributed by atoms with Crippen LogP contribution in [0.2, 0.25) is 0 Å². The maximum atomic E-state index is 13.7. The van der Waals surface area contributed by atoms with Crippen LogP contribution in [-0.4, -0.2) is 11.2 Å². The Bertz CT molecular complexity index is 628. The number of nitrogens with one attached hydrogen (secondary N) is 1. The number of rotatable bonds is 4. The van der Waals surface area contributed by atoms with Crippen molar-refractivity contribution in [3.8, 4) is 0 Å². The molecule has 20 heavy (non-hydrogen) atoms. The van der Waals surface area contributed by atoms with E-state index in [0.717, 1.165) is 16.8 Å². The summed E-state index contributed by atoms with van der Waals surface area (Å²) in [5.41, 5.74) is 3.33. The quantitative estimate of drug-likeness (QED) is 0.839. The topological polar surface area (TPSA) is 29.1 Å². The molecule has 1 amide bonds. The molecular weight excluding hydrogens is 321 g/mol. The van der Waals surface area contributed by atoms with Crippen molar-refractivity contribution < 1.29 is 9.18 Å². The van der Waals surface area contributed by atoms with E-state index in [9.17, 15) is 9.18 Å². The first-order chi connectivity index (χ1) is 9.60. The maximum absolute atomic E-state index is 13.7. The summed E-state index contributed by atoms with van der Waals surface area (Å²) in [7, 11) is 0. The van der Waals surface area contributed by atoms with Gasteiger partial charge in [0.2, 0.25) is 5.91 Å². The number of carbonyl (C=O) groups is 1. The van der Waals surface area contributed by atoms with Gasteiger partial charge in [-0.2, -0.15) is 0 Å². The molecular formula is C16H15BrFNO. The minimum atomic E-state index is -0.230. The first kappa shape index (κ1) is 14.7. The zero-order valence-electron chi connectivity index (χ0n) is 11.1. The van der Waals surface area contributed by atoms with E-state index in [1.807, 2.05) is 31.2 Å². The second kappa shape index (κ2) is 6.66. The smallest absolute Gasteiger partial charge is 0.235 e. The number of alkyl halides is 1. The van der Waals surface area contributed by atoms with Crippen molar-refractivity contribution in [1.29, 1.82) is 0 Å². The van der Waals surface area contributed by atoms with Gasteiger partial charge >= 0.3 is 0 Å². The molecule has 0 aliphatic carbocycles. The minimum absolute atomic E-state index is 0.122. The summed E-state index contributed by atoms with van der Waals surface area (Å²) in [6, 6.07) is 12.4. The molecule has 0 saturated heterocycles. The highest BCUT2D eigenvalue weighted by Crippen LogP contribution is 2.22. The molecule has 0 radical (unpaired) electrons. The lowest BCUT2D eigenvalue weighted by atomic mass is 10.0. The second-order valence-electron chi connectivity index (χ2n) is 4.61. The molecule has 0 spiro atoms. The van der Waals surface area contributed by atoms with Crippen LogP contribution in [0.25, 0.3) is 0 Å². The van der Waals surface area contributed by atoms with E-state index in [2.05, 4.69) is 21.2 Å². The van der Waals surface area contributed by atoms with E-state index in [-0.39, 0.29) is 17.1 Å². The minimum Gasteiger partial charge on any atom is -0.325 e. The Balaban J connectivity index is 2.32. The van der Waals surface area contributed by atoms with Gasteiger partial charge < -0.3 is 5.32 Å². The van der Waals surface area contributed by atoms with Crippen LogP contribution in [0.1, 0.15) is 16.7 Å². The fourth-order valence-corrected chi connectivity index (χ4v) is 2.16. The molecule has 0 aliphatic rings. The molecule has 2 aromatic rings. The van der Waals surface area contributed by atoms with Crippen molar-refractivity contribution in [1.82, 2.24) is 0 Å². The van der Waals surface area contributed by atoms with Crippen LogP contribution in [0.15, 0.2) is 42.5 Å². The monoisotopic (exact) mass is 335 g/mol. The summed E-state index contributed by atoms with van der Waals surface area (Å²) in [5.74, 6) is -0.351. The number of benzene rings is 2. The van der Waals surface area contributed by atoms with Crippen molar-refractivity contribution in [2.75, 3.05) is 10.6 Å². The van der Waals surface area contributed by atoms with E-state index in [0.29, 0.717) is 12.0 Å². The van der Waals surface area contributed by atoms with Crippen LogP contribution in [0.4, 0.5) is 10.1 Å². The van der Waals surface area contributed by atoms with Crippen LogP contribution >= 0.6 is 15.9 Å². The third kappa shape index (κ3) is 3.67. The normalized spacial score (nSPS) is 10.3. The number of hydrogen-bond donors (Lipinski definition) is 1. The largest absolute Gasteiger partial charge is 0.325 e. The lowest BCUT2D eigenvalue weighted by molar-refractivity contribution is -0.113. The van der Waals surface area contributed by atoms with Gasteiger partial charge in [0.15, 0.2) is 0 Å². The highest BCUT2D eigenvalue weighted by atomic mass is 79.9. The number of amides is 1. The maximum Gasteiger partial charge on any atom is 0.235 e. The molecule has 0 saturated carbocycles. The van der Waals surface area contributed by atoms with Crippen molar-refractivity contribution >= 4 is 27.5 Å². The second-order valence-corrected chi connectivity index (χ2v) is 5.17. The van der Waals surface area contributed by atoms with E-state index in [4.69, 9.17) is 0 Å². The lowest BCUT2D eigenvalue weighted by Gasteiger charge is -2.12. The standard InChI is InChI=1S/C16H15BrFNO/c1-11-6-7-15(19-16(20)10-17)13(8-11)9-12-4-2-3-5-14(12)18/h2-8H,9-10H2,1H3,(H,19,20). The van der Waals surface area contributed by atoms with Crippen molar-refractivity contribution in [2.24, 2.45) is 0 Å². The highest BCUT2D eigenvalue weighted by molar-refractivity contribution is 9.09. The molecule has 0 aromatic heterocycles. The number of aryl methyl sites for hydroxylation is 1. The zero-order valence-corrected chi connectivity index (χ0v) is 12.7. The zero-order chi connectivity index (χ0) is 14.5. The number of carbonyl (C=O) groups excluding carboxylic acids is 1. The third-order valence-corrected chi connectivity index (χ3v) is 3.50. The molecule has 2 rings (SSSR count). The highest BCUT2D eigenvalue weighted by Gasteiger charge is 2.09. The van der Waals surface area contributed by atoms with Gasteiger partial charge in [-0.1, -0.05) is 51.8 Å². The molecule has 2 nitrogen and oxygen atoms in total. The van der Waals surface area contributed by atoms with Crippen LogP contribution in [0, 0.1) is 12.7 Å². The number of anilines is 1. The Morgan fingerprint density at radius 2 is 1.95 bits per heavy atom. The Labute approximate surface area is 126 Å². The molecule has 0 unspecified atom stereocenters. The SMILES string of the molecule is Cc1ccc(NC(=O)CBr)c(Cc2ccccc2F)c1. The molecule has 1 N–H and O–H groups in total. The van der Waals surface area contributed by atoms with Crippen LogP contribution < -0.4 is 5.32 Å². The lowest BCUT2D eigenvalue weighted by Crippen LogP contribution is -2.14. The van der Waals surface area contributed by atoms with Gasteiger partial charge in [0.25, 0.3) is 0 Å². The summed E-state index contributed by atoms with van der Waals surface area (Å²) in [6.07, 6.45) is 0.451. The summed E-state index contributed by atoms with van der Waals surface area (Å²) in [4.78, 5) is 11.5. The van der Waals surface area contributed by atoms with E-state index >= 15 is 0 Å². The number of hydrogen-bond acceptors (Lipinski definition) is 1. The average molecular weight is 336 g/mol. The van der Waals surface area contributed by atoms with E-state index in [1.165, 1.54) is 6.07 Å². The van der Waals surface area contributed by atoms with E-state index in [1.54, 1.807) is 12.1 Å². The molecule has 0 heterocycles. The molecule has 104 valence electrons. The first-order valence-corrected chi connectivity index (χ1v) is 7.41. The van der Waals surface area contributed by atoms with Gasteiger partial charge in [-0.3, -0.25) is 4.79 Å². The van der Waals surface area contributed by atoms with Crippen LogP contribution in [0.3, 0.4) is 0 Å². The summed E-state index contributed by atoms with van der Waals surface area (Å²) in [6.45, 7) is 1.97. The Hall–Kier alpha value is -1.68. The van der Waals surface area contributed by atoms with Gasteiger partial charge in [-0.15, -0.1) is 0 Å². The summed E-state index contributed by atoms with van der Waals surface area (Å²) >= 11 is 3.12. The molecule has 0 aliphatic heterocycles. The Morgan fingerprint density at radius 1 is 1.20 bits per heavy atom. The fourth-order valence-electron chi connectivity index (χ4n) is 2.02. The molecule has 0 atom stereocenters. The fraction of sp³-hybridized carbons (Fsp3) is 0.188. The average Bonchev–Trinajstić information content (AvgIpc) is 2.44. The van der Waals surface area contributed by atoms with Crippen molar-refractivity contribution in [3.63, 3.8) is 0 Å². The van der Waals surface area contributed by atoms with Gasteiger partial charge in [0.1, 0.15) is 5.82 Å². The predicted octanol–water partition coefficient (Wildman–Crippen LogP) is 4.06. The van der Waals surface area contributed by atoms with Crippen molar-refractivity contribution in [2.45, 2.75) is 13.3 Å². The molecule has 0 bridgehead atoms. The van der Waals surface area contributed by atoms with Gasteiger partial charge in [0.05, 0.1) is 5.33 Å². The van der Waals surface area contributed by atoms with Gasteiger partial charge in [-0.05, 0) is 30.2 Å². The van der Waals surface area contributed by atoms with E-state index < -0.39 is 0 Å². The van der Waals surface area contributed by atoms with Gasteiger partial charge in [-0.25, -0.2) is 4.39 Å². The van der Waals surface area contributed by atoms with Crippen LogP contribution in [0.5, 0.6) is 0 Å². The molecule has 4 heteroatoms. The van der Waals surface area contributed by atoms with Crippen molar-refractivity contribution in [3.05, 3.63) is 65.0 Å². The number of halogens is 2.